The predicted molar refractivity (Wildman–Crippen MR) is 126 cm³/mol. The van der Waals surface area contributed by atoms with Crippen molar-refractivity contribution in [3.05, 3.63) is 59.7 Å². The van der Waals surface area contributed by atoms with Crippen molar-refractivity contribution in [1.29, 1.82) is 0 Å². The summed E-state index contributed by atoms with van der Waals surface area (Å²) >= 11 is 0. The van der Waals surface area contributed by atoms with Crippen molar-refractivity contribution in [3.8, 4) is 0 Å². The number of ether oxygens (including phenoxy) is 1. The molecule has 0 saturated carbocycles. The topological polar surface area (TPSA) is 79.0 Å². The van der Waals surface area contributed by atoms with Gasteiger partial charge in [0.1, 0.15) is 0 Å². The molecule has 2 aromatic carbocycles. The lowest BCUT2D eigenvalue weighted by atomic mass is 10.1. The van der Waals surface area contributed by atoms with Crippen molar-refractivity contribution in [2.75, 3.05) is 31.5 Å². The molecule has 2 unspecified atom stereocenters. The monoisotopic (exact) mass is 459 g/mol. The molecular formula is C24H33N3O4S. The van der Waals surface area contributed by atoms with Crippen LogP contribution in [0.3, 0.4) is 0 Å². The third-order valence-electron chi connectivity index (χ3n) is 5.65. The Morgan fingerprint density at radius 1 is 1.00 bits per heavy atom. The summed E-state index contributed by atoms with van der Waals surface area (Å²) in [5, 5.41) is 2.84. The molecule has 1 N–H and O–H groups in total. The summed E-state index contributed by atoms with van der Waals surface area (Å²) < 4.78 is 33.0. The number of anilines is 1. The summed E-state index contributed by atoms with van der Waals surface area (Å²) in [5.41, 5.74) is 2.26. The summed E-state index contributed by atoms with van der Waals surface area (Å²) in [6.07, 6.45) is -0.295. The maximum atomic E-state index is 13.0. The normalized spacial score (nSPS) is 19.8. The number of rotatable bonds is 8. The van der Waals surface area contributed by atoms with Crippen LogP contribution in [0.4, 0.5) is 5.69 Å². The lowest BCUT2D eigenvalue weighted by Gasteiger charge is -2.34. The molecule has 0 aromatic heterocycles. The fraction of sp³-hybridized carbons (Fsp3) is 0.458. The number of benzene rings is 2. The second-order valence-electron chi connectivity index (χ2n) is 8.22. The highest BCUT2D eigenvalue weighted by molar-refractivity contribution is 7.89. The molecule has 0 spiro atoms. The van der Waals surface area contributed by atoms with Crippen molar-refractivity contribution in [2.24, 2.45) is 0 Å². The standard InChI is InChI=1S/C24H33N3O4S/c1-5-26(6-2)17-20-7-9-21(10-8-20)24(28)25-22-11-13-23(14-12-22)32(29,30)27-15-18(3)31-19(4)16-27/h7-14,18-19H,5-6,15-17H2,1-4H3,(H,25,28). The number of nitrogens with one attached hydrogen (secondary N) is 1. The quantitative estimate of drug-likeness (QED) is 0.653. The SMILES string of the molecule is CCN(CC)Cc1ccc(C(=O)Nc2ccc(S(=O)(=O)N3CC(C)OC(C)C3)cc2)cc1. The second-order valence-corrected chi connectivity index (χ2v) is 10.2. The Balaban J connectivity index is 1.64. The van der Waals surface area contributed by atoms with Crippen molar-refractivity contribution in [1.82, 2.24) is 9.21 Å². The number of nitrogens with zero attached hydrogens (tertiary/aromatic N) is 2. The molecule has 2 aromatic rings. The van der Waals surface area contributed by atoms with Gasteiger partial charge < -0.3 is 10.1 Å². The van der Waals surface area contributed by atoms with Crippen molar-refractivity contribution in [3.63, 3.8) is 0 Å². The molecule has 1 aliphatic heterocycles. The van der Waals surface area contributed by atoms with Gasteiger partial charge >= 0.3 is 0 Å². The van der Waals surface area contributed by atoms with Crippen LogP contribution in [-0.4, -0.2) is 61.9 Å². The summed E-state index contributed by atoms with van der Waals surface area (Å²) in [5.74, 6) is -0.231. The average molecular weight is 460 g/mol. The predicted octanol–water partition coefficient (Wildman–Crippen LogP) is 3.58. The molecule has 0 radical (unpaired) electrons. The van der Waals surface area contributed by atoms with E-state index in [1.807, 2.05) is 38.1 Å². The maximum absolute atomic E-state index is 13.0. The first-order chi connectivity index (χ1) is 15.2. The molecule has 1 heterocycles. The molecule has 7 nitrogen and oxygen atoms in total. The van der Waals surface area contributed by atoms with Crippen LogP contribution in [-0.2, 0) is 21.3 Å². The Kier molecular flexibility index (Phi) is 8.05. The van der Waals surface area contributed by atoms with Gasteiger partial charge in [-0.15, -0.1) is 0 Å². The highest BCUT2D eigenvalue weighted by Gasteiger charge is 2.32. The lowest BCUT2D eigenvalue weighted by molar-refractivity contribution is -0.0440. The van der Waals surface area contributed by atoms with Gasteiger partial charge in [0.05, 0.1) is 17.1 Å². The Morgan fingerprint density at radius 3 is 2.09 bits per heavy atom. The summed E-state index contributed by atoms with van der Waals surface area (Å²) in [6.45, 7) is 11.5. The van der Waals surface area contributed by atoms with Gasteiger partial charge in [-0.2, -0.15) is 4.31 Å². The summed E-state index contributed by atoms with van der Waals surface area (Å²) in [4.78, 5) is 15.1. The number of carbonyl (C=O) groups is 1. The average Bonchev–Trinajstić information content (AvgIpc) is 2.77. The molecular weight excluding hydrogens is 426 g/mol. The third kappa shape index (κ3) is 5.95. The smallest absolute Gasteiger partial charge is 0.255 e. The first kappa shape index (κ1) is 24.4. The highest BCUT2D eigenvalue weighted by atomic mass is 32.2. The third-order valence-corrected chi connectivity index (χ3v) is 7.50. The van der Waals surface area contributed by atoms with Crippen LogP contribution in [0.1, 0.15) is 43.6 Å². The van der Waals surface area contributed by atoms with E-state index in [-0.39, 0.29) is 23.0 Å². The minimum Gasteiger partial charge on any atom is -0.373 e. The first-order valence-electron chi connectivity index (χ1n) is 11.1. The van der Waals surface area contributed by atoms with E-state index in [2.05, 4.69) is 24.1 Å². The van der Waals surface area contributed by atoms with Gasteiger partial charge in [0.25, 0.3) is 5.91 Å². The van der Waals surface area contributed by atoms with E-state index in [9.17, 15) is 13.2 Å². The van der Waals surface area contributed by atoms with Gasteiger partial charge in [0, 0.05) is 30.9 Å². The Labute approximate surface area is 191 Å². The van der Waals surface area contributed by atoms with Gasteiger partial charge in [-0.3, -0.25) is 9.69 Å². The largest absolute Gasteiger partial charge is 0.373 e. The molecule has 0 bridgehead atoms. The van der Waals surface area contributed by atoms with E-state index >= 15 is 0 Å². The fourth-order valence-electron chi connectivity index (χ4n) is 3.86. The molecule has 0 aliphatic carbocycles. The Morgan fingerprint density at radius 2 is 1.56 bits per heavy atom. The van der Waals surface area contributed by atoms with E-state index in [0.717, 1.165) is 25.2 Å². The van der Waals surface area contributed by atoms with Crippen LogP contribution in [0.15, 0.2) is 53.4 Å². The number of sulfonamides is 1. The van der Waals surface area contributed by atoms with E-state index in [0.29, 0.717) is 24.3 Å². The van der Waals surface area contributed by atoms with E-state index < -0.39 is 10.0 Å². The van der Waals surface area contributed by atoms with Crippen LogP contribution < -0.4 is 5.32 Å². The maximum Gasteiger partial charge on any atom is 0.255 e. The zero-order chi connectivity index (χ0) is 23.3. The Bertz CT molecular complexity index is 993. The molecule has 32 heavy (non-hydrogen) atoms. The van der Waals surface area contributed by atoms with Gasteiger partial charge in [-0.05, 0) is 68.9 Å². The van der Waals surface area contributed by atoms with Crippen LogP contribution >= 0.6 is 0 Å². The lowest BCUT2D eigenvalue weighted by Crippen LogP contribution is -2.48. The minimum absolute atomic E-state index is 0.148. The summed E-state index contributed by atoms with van der Waals surface area (Å²) in [7, 11) is -3.61. The molecule has 2 atom stereocenters. The van der Waals surface area contributed by atoms with Crippen LogP contribution in [0.2, 0.25) is 0 Å². The summed E-state index contributed by atoms with van der Waals surface area (Å²) in [6, 6.07) is 13.9. The number of hydrogen-bond acceptors (Lipinski definition) is 5. The van der Waals surface area contributed by atoms with Gasteiger partial charge in [-0.25, -0.2) is 8.42 Å². The number of carbonyl (C=O) groups excluding carboxylic acids is 1. The second kappa shape index (κ2) is 10.6. The molecule has 174 valence electrons. The number of morpholine rings is 1. The van der Waals surface area contributed by atoms with Crippen LogP contribution in [0, 0.1) is 0 Å². The van der Waals surface area contributed by atoms with Crippen molar-refractivity contribution < 1.29 is 17.9 Å². The molecule has 1 aliphatic rings. The van der Waals surface area contributed by atoms with Gasteiger partial charge in [0.15, 0.2) is 0 Å². The van der Waals surface area contributed by atoms with Gasteiger partial charge in [0.2, 0.25) is 10.0 Å². The van der Waals surface area contributed by atoms with E-state index in [1.54, 1.807) is 12.1 Å². The molecule has 1 saturated heterocycles. The zero-order valence-corrected chi connectivity index (χ0v) is 20.1. The molecule has 1 amide bonds. The van der Waals surface area contributed by atoms with Crippen molar-refractivity contribution in [2.45, 2.75) is 51.3 Å². The Hall–Kier alpha value is -2.26. The highest BCUT2D eigenvalue weighted by Crippen LogP contribution is 2.23. The number of hydrogen-bond donors (Lipinski definition) is 1. The van der Waals surface area contributed by atoms with Gasteiger partial charge in [-0.1, -0.05) is 26.0 Å². The molecule has 3 rings (SSSR count). The zero-order valence-electron chi connectivity index (χ0n) is 19.2. The van der Waals surface area contributed by atoms with E-state index in [1.165, 1.54) is 16.4 Å². The first-order valence-corrected chi connectivity index (χ1v) is 12.5. The van der Waals surface area contributed by atoms with E-state index in [4.69, 9.17) is 4.74 Å². The fourth-order valence-corrected chi connectivity index (χ4v) is 5.45. The number of amides is 1. The van der Waals surface area contributed by atoms with Crippen LogP contribution in [0.5, 0.6) is 0 Å². The van der Waals surface area contributed by atoms with Crippen LogP contribution in [0.25, 0.3) is 0 Å². The minimum atomic E-state index is -3.61. The van der Waals surface area contributed by atoms with Crippen molar-refractivity contribution >= 4 is 21.6 Å². The molecule has 8 heteroatoms. The molecule has 1 fully saturated rings.